The van der Waals surface area contributed by atoms with E-state index in [1.54, 1.807) is 0 Å². The molecular formula is C11H14N2O. The minimum atomic E-state index is -0.102. The first-order chi connectivity index (χ1) is 6.90. The molecule has 0 saturated carbocycles. The van der Waals surface area contributed by atoms with Gasteiger partial charge in [-0.25, -0.2) is 0 Å². The Morgan fingerprint density at radius 3 is 2.93 bits per heavy atom. The van der Waals surface area contributed by atoms with Crippen LogP contribution in [0.2, 0.25) is 0 Å². The van der Waals surface area contributed by atoms with Crippen LogP contribution in [-0.4, -0.2) is 30.4 Å². The molecule has 1 unspecified atom stereocenters. The molecule has 1 atom stereocenters. The summed E-state index contributed by atoms with van der Waals surface area (Å²) in [5.41, 5.74) is 1.25. The number of benzene rings is 1. The molecular weight excluding hydrogens is 176 g/mol. The van der Waals surface area contributed by atoms with Crippen LogP contribution in [0.3, 0.4) is 0 Å². The molecule has 1 heterocycles. The number of nitrogens with zero attached hydrogens (tertiary/aromatic N) is 1. The Bertz CT molecular complexity index is 299. The maximum absolute atomic E-state index is 10.7. The van der Waals surface area contributed by atoms with E-state index in [1.807, 2.05) is 18.2 Å². The van der Waals surface area contributed by atoms with Gasteiger partial charge in [-0.1, -0.05) is 30.3 Å². The van der Waals surface area contributed by atoms with Gasteiger partial charge in [-0.3, -0.25) is 10.2 Å². The molecule has 1 aromatic rings. The van der Waals surface area contributed by atoms with Crippen molar-refractivity contribution < 1.29 is 4.79 Å². The molecule has 3 heteroatoms. The lowest BCUT2D eigenvalue weighted by Gasteiger charge is -2.18. The SMILES string of the molecule is O=CC1NCCN1Cc1ccccc1. The second kappa shape index (κ2) is 4.35. The molecule has 1 aromatic carbocycles. The van der Waals surface area contributed by atoms with Crippen molar-refractivity contribution in [2.75, 3.05) is 13.1 Å². The summed E-state index contributed by atoms with van der Waals surface area (Å²) in [4.78, 5) is 12.8. The molecule has 0 amide bonds. The van der Waals surface area contributed by atoms with Crippen LogP contribution in [0.25, 0.3) is 0 Å². The van der Waals surface area contributed by atoms with Crippen molar-refractivity contribution in [3.8, 4) is 0 Å². The summed E-state index contributed by atoms with van der Waals surface area (Å²) in [6.45, 7) is 2.69. The molecule has 3 nitrogen and oxygen atoms in total. The van der Waals surface area contributed by atoms with Gasteiger partial charge in [0, 0.05) is 19.6 Å². The van der Waals surface area contributed by atoms with Crippen molar-refractivity contribution in [3.63, 3.8) is 0 Å². The Balaban J connectivity index is 2.00. The molecule has 1 N–H and O–H groups in total. The minimum absolute atomic E-state index is 0.102. The lowest BCUT2D eigenvalue weighted by molar-refractivity contribution is -0.112. The summed E-state index contributed by atoms with van der Waals surface area (Å²) in [6, 6.07) is 10.2. The second-order valence-electron chi connectivity index (χ2n) is 3.49. The van der Waals surface area contributed by atoms with Crippen molar-refractivity contribution >= 4 is 6.29 Å². The molecule has 1 aliphatic heterocycles. The van der Waals surface area contributed by atoms with E-state index in [1.165, 1.54) is 5.56 Å². The number of hydrogen-bond donors (Lipinski definition) is 1. The van der Waals surface area contributed by atoms with E-state index in [4.69, 9.17) is 0 Å². The van der Waals surface area contributed by atoms with Crippen molar-refractivity contribution in [3.05, 3.63) is 35.9 Å². The van der Waals surface area contributed by atoms with E-state index in [0.29, 0.717) is 0 Å². The molecule has 1 saturated heterocycles. The van der Waals surface area contributed by atoms with Crippen LogP contribution < -0.4 is 5.32 Å². The number of hydrogen-bond acceptors (Lipinski definition) is 3. The van der Waals surface area contributed by atoms with Gasteiger partial charge < -0.3 is 4.79 Å². The van der Waals surface area contributed by atoms with E-state index in [0.717, 1.165) is 25.9 Å². The van der Waals surface area contributed by atoms with Crippen LogP contribution in [-0.2, 0) is 11.3 Å². The quantitative estimate of drug-likeness (QED) is 0.709. The molecule has 1 fully saturated rings. The highest BCUT2D eigenvalue weighted by atomic mass is 16.1. The third kappa shape index (κ3) is 2.00. The molecule has 0 aliphatic carbocycles. The largest absolute Gasteiger partial charge is 0.300 e. The molecule has 0 radical (unpaired) electrons. The molecule has 0 aromatic heterocycles. The highest BCUT2D eigenvalue weighted by molar-refractivity contribution is 5.57. The number of carbonyl (C=O) groups is 1. The summed E-state index contributed by atoms with van der Waals surface area (Å²) in [5, 5.41) is 3.13. The Kier molecular flexibility index (Phi) is 2.91. The zero-order chi connectivity index (χ0) is 9.80. The highest BCUT2D eigenvalue weighted by Crippen LogP contribution is 2.08. The van der Waals surface area contributed by atoms with Gasteiger partial charge in [0.15, 0.2) is 6.29 Å². The first kappa shape index (κ1) is 9.37. The van der Waals surface area contributed by atoms with Gasteiger partial charge >= 0.3 is 0 Å². The van der Waals surface area contributed by atoms with Crippen molar-refractivity contribution in [1.29, 1.82) is 0 Å². The smallest absolute Gasteiger partial charge is 0.151 e. The Morgan fingerprint density at radius 1 is 1.43 bits per heavy atom. The zero-order valence-corrected chi connectivity index (χ0v) is 8.02. The summed E-state index contributed by atoms with van der Waals surface area (Å²) < 4.78 is 0. The molecule has 14 heavy (non-hydrogen) atoms. The number of aldehydes is 1. The predicted octanol–water partition coefficient (Wildman–Crippen LogP) is 0.617. The fraction of sp³-hybridized carbons (Fsp3) is 0.364. The second-order valence-corrected chi connectivity index (χ2v) is 3.49. The van der Waals surface area contributed by atoms with Gasteiger partial charge in [0.05, 0.1) is 0 Å². The van der Waals surface area contributed by atoms with Crippen LogP contribution in [0.15, 0.2) is 30.3 Å². The summed E-state index contributed by atoms with van der Waals surface area (Å²) in [6.07, 6.45) is 0.867. The average molecular weight is 190 g/mol. The van der Waals surface area contributed by atoms with E-state index < -0.39 is 0 Å². The monoisotopic (exact) mass is 190 g/mol. The van der Waals surface area contributed by atoms with Crippen LogP contribution >= 0.6 is 0 Å². The van der Waals surface area contributed by atoms with Gasteiger partial charge in [-0.2, -0.15) is 0 Å². The Morgan fingerprint density at radius 2 is 2.21 bits per heavy atom. The molecule has 2 rings (SSSR count). The van der Waals surface area contributed by atoms with Gasteiger partial charge in [-0.05, 0) is 5.56 Å². The third-order valence-electron chi connectivity index (χ3n) is 2.50. The van der Waals surface area contributed by atoms with Crippen molar-refractivity contribution in [1.82, 2.24) is 10.2 Å². The number of carbonyl (C=O) groups excluding carboxylic acids is 1. The normalized spacial score (nSPS) is 22.4. The fourth-order valence-electron chi connectivity index (χ4n) is 1.75. The fourth-order valence-corrected chi connectivity index (χ4v) is 1.75. The molecule has 74 valence electrons. The first-order valence-corrected chi connectivity index (χ1v) is 4.87. The van der Waals surface area contributed by atoms with E-state index in [-0.39, 0.29) is 6.17 Å². The van der Waals surface area contributed by atoms with Gasteiger partial charge in [0.25, 0.3) is 0 Å². The van der Waals surface area contributed by atoms with Crippen LogP contribution in [0.5, 0.6) is 0 Å². The van der Waals surface area contributed by atoms with Crippen molar-refractivity contribution in [2.45, 2.75) is 12.7 Å². The van der Waals surface area contributed by atoms with Crippen LogP contribution in [0.4, 0.5) is 0 Å². The summed E-state index contributed by atoms with van der Waals surface area (Å²) >= 11 is 0. The van der Waals surface area contributed by atoms with Crippen molar-refractivity contribution in [2.24, 2.45) is 0 Å². The summed E-state index contributed by atoms with van der Waals surface area (Å²) in [7, 11) is 0. The Hall–Kier alpha value is -1.19. The van der Waals surface area contributed by atoms with Crippen LogP contribution in [0.1, 0.15) is 5.56 Å². The number of rotatable bonds is 3. The maximum atomic E-state index is 10.7. The van der Waals surface area contributed by atoms with Gasteiger partial charge in [-0.15, -0.1) is 0 Å². The van der Waals surface area contributed by atoms with E-state index in [2.05, 4.69) is 22.3 Å². The molecule has 0 spiro atoms. The lowest BCUT2D eigenvalue weighted by Crippen LogP contribution is -2.36. The Labute approximate surface area is 83.7 Å². The average Bonchev–Trinajstić information content (AvgIpc) is 2.67. The first-order valence-electron chi connectivity index (χ1n) is 4.87. The topological polar surface area (TPSA) is 32.3 Å². The molecule has 1 aliphatic rings. The van der Waals surface area contributed by atoms with Gasteiger partial charge in [0.1, 0.15) is 6.17 Å². The number of nitrogens with one attached hydrogen (secondary N) is 1. The standard InChI is InChI=1S/C11H14N2O/c14-9-11-12-6-7-13(11)8-10-4-2-1-3-5-10/h1-5,9,11-12H,6-8H2. The maximum Gasteiger partial charge on any atom is 0.151 e. The summed E-state index contributed by atoms with van der Waals surface area (Å²) in [5.74, 6) is 0. The molecule has 0 bridgehead atoms. The van der Waals surface area contributed by atoms with Crippen LogP contribution in [0, 0.1) is 0 Å². The van der Waals surface area contributed by atoms with E-state index in [9.17, 15) is 4.79 Å². The van der Waals surface area contributed by atoms with E-state index >= 15 is 0 Å². The zero-order valence-electron chi connectivity index (χ0n) is 8.02. The third-order valence-corrected chi connectivity index (χ3v) is 2.50. The predicted molar refractivity (Wildman–Crippen MR) is 54.7 cm³/mol. The highest BCUT2D eigenvalue weighted by Gasteiger charge is 2.22. The minimum Gasteiger partial charge on any atom is -0.300 e. The van der Waals surface area contributed by atoms with Gasteiger partial charge in [0.2, 0.25) is 0 Å². The lowest BCUT2D eigenvalue weighted by atomic mass is 10.2.